The van der Waals surface area contributed by atoms with Crippen molar-refractivity contribution in [3.05, 3.63) is 58.3 Å². The van der Waals surface area contributed by atoms with Crippen LogP contribution >= 0.6 is 11.3 Å². The summed E-state index contributed by atoms with van der Waals surface area (Å²) in [7, 11) is 0. The van der Waals surface area contributed by atoms with E-state index in [0.717, 1.165) is 5.56 Å². The van der Waals surface area contributed by atoms with Gasteiger partial charge in [0.1, 0.15) is 0 Å². The number of benzene rings is 1. The number of ether oxygens (including phenoxy) is 1. The standard InChI is InChI=1S/C21H23NO4S/c1-14(26-18(23)10-5-15-11-12-27-13-15)19(24)16-6-8-17(9-7-16)22-20(25)21(2,3)4/h5-14H,1-4H3,(H,22,25)/b10-5+/t14-/m0/s1. The third-order valence-electron chi connectivity index (χ3n) is 3.73. The van der Waals surface area contributed by atoms with E-state index in [9.17, 15) is 14.4 Å². The van der Waals surface area contributed by atoms with Crippen molar-refractivity contribution < 1.29 is 19.1 Å². The minimum Gasteiger partial charge on any atom is -0.451 e. The molecule has 1 aromatic carbocycles. The largest absolute Gasteiger partial charge is 0.451 e. The lowest BCUT2D eigenvalue weighted by Crippen LogP contribution is -2.27. The highest BCUT2D eigenvalue weighted by Gasteiger charge is 2.22. The molecule has 5 nitrogen and oxygen atoms in total. The highest BCUT2D eigenvalue weighted by atomic mass is 32.1. The van der Waals surface area contributed by atoms with Crippen LogP contribution in [-0.2, 0) is 14.3 Å². The minimum atomic E-state index is -0.903. The molecule has 0 bridgehead atoms. The summed E-state index contributed by atoms with van der Waals surface area (Å²) in [6.45, 7) is 7.00. The lowest BCUT2D eigenvalue weighted by atomic mass is 9.95. The van der Waals surface area contributed by atoms with Crippen LogP contribution in [-0.4, -0.2) is 23.8 Å². The van der Waals surface area contributed by atoms with Gasteiger partial charge in [-0.15, -0.1) is 0 Å². The van der Waals surface area contributed by atoms with Crippen molar-refractivity contribution in [1.29, 1.82) is 0 Å². The second kappa shape index (κ2) is 8.77. The minimum absolute atomic E-state index is 0.110. The summed E-state index contributed by atoms with van der Waals surface area (Å²) in [5, 5.41) is 6.60. The SMILES string of the molecule is C[C@H](OC(=O)/C=C/c1ccsc1)C(=O)c1ccc(NC(=O)C(C)(C)C)cc1. The predicted molar refractivity (Wildman–Crippen MR) is 108 cm³/mol. The number of anilines is 1. The first-order chi connectivity index (χ1) is 12.7. The Balaban J connectivity index is 1.94. The number of nitrogens with one attached hydrogen (secondary N) is 1. The van der Waals surface area contributed by atoms with Crippen molar-refractivity contribution in [2.24, 2.45) is 5.41 Å². The summed E-state index contributed by atoms with van der Waals surface area (Å²) in [4.78, 5) is 36.3. The van der Waals surface area contributed by atoms with E-state index in [1.807, 2.05) is 37.6 Å². The van der Waals surface area contributed by atoms with E-state index in [1.54, 1.807) is 30.3 Å². The number of Topliss-reactive ketones (excluding diaryl/α,β-unsaturated/α-hetero) is 1. The lowest BCUT2D eigenvalue weighted by molar-refractivity contribution is -0.140. The molecule has 27 heavy (non-hydrogen) atoms. The number of esters is 1. The van der Waals surface area contributed by atoms with Gasteiger partial charge in [0, 0.05) is 22.7 Å². The van der Waals surface area contributed by atoms with Crippen LogP contribution in [0.3, 0.4) is 0 Å². The zero-order chi connectivity index (χ0) is 20.0. The van der Waals surface area contributed by atoms with Gasteiger partial charge in [-0.2, -0.15) is 11.3 Å². The molecule has 1 amide bonds. The van der Waals surface area contributed by atoms with E-state index in [-0.39, 0.29) is 11.7 Å². The van der Waals surface area contributed by atoms with Crippen molar-refractivity contribution in [3.8, 4) is 0 Å². The highest BCUT2D eigenvalue weighted by Crippen LogP contribution is 2.18. The number of thiophene rings is 1. The fraction of sp³-hybridized carbons (Fsp3) is 0.286. The summed E-state index contributed by atoms with van der Waals surface area (Å²) in [6, 6.07) is 8.39. The zero-order valence-electron chi connectivity index (χ0n) is 15.8. The molecule has 0 aliphatic heterocycles. The van der Waals surface area contributed by atoms with Crippen LogP contribution in [0.4, 0.5) is 5.69 Å². The molecule has 1 aromatic heterocycles. The van der Waals surface area contributed by atoms with Crippen LogP contribution in [0.1, 0.15) is 43.6 Å². The number of hydrogen-bond donors (Lipinski definition) is 1. The summed E-state index contributed by atoms with van der Waals surface area (Å²) in [5.74, 6) is -0.988. The quantitative estimate of drug-likeness (QED) is 0.449. The predicted octanol–water partition coefficient (Wildman–Crippen LogP) is 4.56. The van der Waals surface area contributed by atoms with E-state index in [4.69, 9.17) is 4.74 Å². The molecule has 0 saturated carbocycles. The van der Waals surface area contributed by atoms with Crippen LogP contribution in [0.25, 0.3) is 6.08 Å². The van der Waals surface area contributed by atoms with Crippen LogP contribution in [0.5, 0.6) is 0 Å². The van der Waals surface area contributed by atoms with Gasteiger partial charge in [0.25, 0.3) is 0 Å². The molecule has 0 aliphatic rings. The molecule has 6 heteroatoms. The highest BCUT2D eigenvalue weighted by molar-refractivity contribution is 7.08. The first-order valence-corrected chi connectivity index (χ1v) is 9.48. The van der Waals surface area contributed by atoms with Gasteiger partial charge in [0.2, 0.25) is 11.7 Å². The van der Waals surface area contributed by atoms with Gasteiger partial charge in [-0.3, -0.25) is 9.59 Å². The Bertz CT molecular complexity index is 830. The Hall–Kier alpha value is -2.73. The topological polar surface area (TPSA) is 72.5 Å². The molecule has 0 saturated heterocycles. The molecule has 1 heterocycles. The van der Waals surface area contributed by atoms with Crippen molar-refractivity contribution >= 4 is 40.8 Å². The molecule has 142 valence electrons. The first-order valence-electron chi connectivity index (χ1n) is 8.53. The Morgan fingerprint density at radius 1 is 1.11 bits per heavy atom. The maximum atomic E-state index is 12.4. The normalized spacial score (nSPS) is 12.6. The van der Waals surface area contributed by atoms with Crippen LogP contribution in [0, 0.1) is 5.41 Å². The smallest absolute Gasteiger partial charge is 0.331 e. The molecule has 2 aromatic rings. The molecule has 2 rings (SSSR count). The average molecular weight is 385 g/mol. The van der Waals surface area contributed by atoms with Gasteiger partial charge in [-0.1, -0.05) is 20.8 Å². The Morgan fingerprint density at radius 3 is 2.33 bits per heavy atom. The van der Waals surface area contributed by atoms with E-state index >= 15 is 0 Å². The van der Waals surface area contributed by atoms with Gasteiger partial charge in [0.15, 0.2) is 6.10 Å². The summed E-state index contributed by atoms with van der Waals surface area (Å²) >= 11 is 1.53. The van der Waals surface area contributed by atoms with E-state index in [0.29, 0.717) is 11.3 Å². The van der Waals surface area contributed by atoms with Gasteiger partial charge in [0.05, 0.1) is 0 Å². The molecule has 1 atom stereocenters. The lowest BCUT2D eigenvalue weighted by Gasteiger charge is -2.18. The van der Waals surface area contributed by atoms with Gasteiger partial charge in [-0.25, -0.2) is 4.79 Å². The molecule has 0 unspecified atom stereocenters. The van der Waals surface area contributed by atoms with E-state index < -0.39 is 17.5 Å². The average Bonchev–Trinajstić information content (AvgIpc) is 3.12. The van der Waals surface area contributed by atoms with Gasteiger partial charge in [-0.05, 0) is 59.7 Å². The molecular weight excluding hydrogens is 362 g/mol. The Labute approximate surface area is 163 Å². The van der Waals surface area contributed by atoms with Gasteiger partial charge >= 0.3 is 5.97 Å². The number of rotatable bonds is 6. The fourth-order valence-electron chi connectivity index (χ4n) is 2.07. The zero-order valence-corrected chi connectivity index (χ0v) is 16.6. The summed E-state index contributed by atoms with van der Waals surface area (Å²) in [5.41, 5.74) is 1.41. The van der Waals surface area contributed by atoms with Crippen molar-refractivity contribution in [3.63, 3.8) is 0 Å². The van der Waals surface area contributed by atoms with Crippen molar-refractivity contribution in [2.45, 2.75) is 33.8 Å². The third-order valence-corrected chi connectivity index (χ3v) is 4.43. The van der Waals surface area contributed by atoms with E-state index in [2.05, 4.69) is 5.32 Å². The maximum absolute atomic E-state index is 12.4. The third kappa shape index (κ3) is 6.18. The number of ketones is 1. The van der Waals surface area contributed by atoms with Crippen molar-refractivity contribution in [2.75, 3.05) is 5.32 Å². The number of carbonyl (C=O) groups excluding carboxylic acids is 3. The van der Waals surface area contributed by atoms with Crippen LogP contribution in [0.2, 0.25) is 0 Å². The monoisotopic (exact) mass is 385 g/mol. The van der Waals surface area contributed by atoms with Crippen molar-refractivity contribution in [1.82, 2.24) is 0 Å². The number of carbonyl (C=O) groups is 3. The van der Waals surface area contributed by atoms with E-state index in [1.165, 1.54) is 24.3 Å². The first kappa shape index (κ1) is 20.6. The second-order valence-corrected chi connectivity index (χ2v) is 7.89. The molecular formula is C21H23NO4S. The van der Waals surface area contributed by atoms with Crippen LogP contribution < -0.4 is 5.32 Å². The Morgan fingerprint density at radius 2 is 1.78 bits per heavy atom. The number of amides is 1. The van der Waals surface area contributed by atoms with Crippen LogP contribution in [0.15, 0.2) is 47.2 Å². The maximum Gasteiger partial charge on any atom is 0.331 e. The van der Waals surface area contributed by atoms with Gasteiger partial charge < -0.3 is 10.1 Å². The summed E-state index contributed by atoms with van der Waals surface area (Å²) in [6.07, 6.45) is 2.04. The molecule has 0 spiro atoms. The molecule has 0 fully saturated rings. The molecule has 0 aliphatic carbocycles. The Kier molecular flexibility index (Phi) is 6.69. The summed E-state index contributed by atoms with van der Waals surface area (Å²) < 4.78 is 5.16. The molecule has 1 N–H and O–H groups in total. The molecule has 0 radical (unpaired) electrons. The second-order valence-electron chi connectivity index (χ2n) is 7.11. The number of hydrogen-bond acceptors (Lipinski definition) is 5. The fourth-order valence-corrected chi connectivity index (χ4v) is 2.70.